The van der Waals surface area contributed by atoms with Gasteiger partial charge in [-0.05, 0) is 12.8 Å². The summed E-state index contributed by atoms with van der Waals surface area (Å²) in [4.78, 5) is 12.8. The Morgan fingerprint density at radius 3 is 2.54 bits per heavy atom. The smallest absolute Gasteiger partial charge is 0.211 e. The first-order valence-electron chi connectivity index (χ1n) is 4.58. The maximum absolute atomic E-state index is 13.3. The lowest BCUT2D eigenvalue weighted by atomic mass is 9.97. The van der Waals surface area contributed by atoms with Crippen LogP contribution in [0.2, 0.25) is 0 Å². The minimum atomic E-state index is -2.64. The van der Waals surface area contributed by atoms with Crippen molar-refractivity contribution in [2.24, 2.45) is 10.9 Å². The maximum atomic E-state index is 13.3. The highest BCUT2D eigenvalue weighted by molar-refractivity contribution is 5.32. The first-order valence-corrected chi connectivity index (χ1v) is 4.58. The van der Waals surface area contributed by atoms with Crippen LogP contribution in [-0.2, 0) is 4.79 Å². The van der Waals surface area contributed by atoms with Gasteiger partial charge in [-0.2, -0.15) is 0 Å². The number of alkyl halides is 2. The third-order valence-corrected chi connectivity index (χ3v) is 2.57. The van der Waals surface area contributed by atoms with Crippen molar-refractivity contribution in [3.05, 3.63) is 0 Å². The van der Waals surface area contributed by atoms with E-state index in [2.05, 4.69) is 4.99 Å². The fourth-order valence-electron chi connectivity index (χ4n) is 1.80. The molecule has 1 aliphatic rings. The van der Waals surface area contributed by atoms with Crippen LogP contribution in [0.1, 0.15) is 32.1 Å². The second-order valence-electron chi connectivity index (χ2n) is 3.47. The molecule has 0 unspecified atom stereocenters. The van der Waals surface area contributed by atoms with Crippen LogP contribution in [0.3, 0.4) is 0 Å². The first-order chi connectivity index (χ1) is 6.17. The van der Waals surface area contributed by atoms with Crippen molar-refractivity contribution < 1.29 is 13.6 Å². The van der Waals surface area contributed by atoms with Gasteiger partial charge in [-0.1, -0.05) is 12.8 Å². The summed E-state index contributed by atoms with van der Waals surface area (Å²) in [5.41, 5.74) is 0. The Hall–Kier alpha value is -0.760. The second-order valence-corrected chi connectivity index (χ2v) is 3.47. The van der Waals surface area contributed by atoms with Gasteiger partial charge in [-0.3, -0.25) is 0 Å². The van der Waals surface area contributed by atoms with E-state index in [0.29, 0.717) is 12.8 Å². The van der Waals surface area contributed by atoms with Crippen LogP contribution >= 0.6 is 0 Å². The average molecular weight is 189 g/mol. The zero-order chi connectivity index (χ0) is 9.73. The molecule has 1 aliphatic carbocycles. The van der Waals surface area contributed by atoms with E-state index in [9.17, 15) is 13.6 Å². The molecule has 0 bridgehead atoms. The molecule has 0 aromatic heterocycles. The van der Waals surface area contributed by atoms with Gasteiger partial charge in [0.25, 0.3) is 5.92 Å². The molecule has 1 rings (SSSR count). The van der Waals surface area contributed by atoms with Crippen LogP contribution in [-0.4, -0.2) is 18.5 Å². The highest BCUT2D eigenvalue weighted by Crippen LogP contribution is 2.39. The number of halogens is 2. The Kier molecular flexibility index (Phi) is 3.55. The summed E-state index contributed by atoms with van der Waals surface area (Å²) in [7, 11) is 0. The van der Waals surface area contributed by atoms with Gasteiger partial charge in [0, 0.05) is 12.3 Å². The van der Waals surface area contributed by atoms with E-state index in [1.165, 1.54) is 6.08 Å². The van der Waals surface area contributed by atoms with Gasteiger partial charge in [0.1, 0.15) is 0 Å². The molecular formula is C9H13F2NO. The van der Waals surface area contributed by atoms with Gasteiger partial charge in [0.15, 0.2) is 0 Å². The Labute approximate surface area is 76.0 Å². The highest BCUT2D eigenvalue weighted by Gasteiger charge is 2.40. The van der Waals surface area contributed by atoms with Crippen LogP contribution in [0.5, 0.6) is 0 Å². The second kappa shape index (κ2) is 4.47. The van der Waals surface area contributed by atoms with Gasteiger partial charge in [-0.25, -0.2) is 18.6 Å². The minimum Gasteiger partial charge on any atom is -0.211 e. The molecular weight excluding hydrogens is 176 g/mol. The molecule has 1 saturated carbocycles. The number of isocyanates is 1. The standard InChI is InChI=1S/C9H13F2NO/c10-9(11,5-6-12-7-13)8-3-1-2-4-8/h8H,1-6H2. The molecule has 13 heavy (non-hydrogen) atoms. The first kappa shape index (κ1) is 10.3. The van der Waals surface area contributed by atoms with E-state index in [1.807, 2.05) is 0 Å². The van der Waals surface area contributed by atoms with Gasteiger partial charge >= 0.3 is 0 Å². The zero-order valence-corrected chi connectivity index (χ0v) is 7.43. The maximum Gasteiger partial charge on any atom is 0.252 e. The lowest BCUT2D eigenvalue weighted by Gasteiger charge is -2.21. The molecule has 2 nitrogen and oxygen atoms in total. The van der Waals surface area contributed by atoms with Gasteiger partial charge in [0.05, 0.1) is 6.54 Å². The zero-order valence-electron chi connectivity index (χ0n) is 7.43. The predicted octanol–water partition coefficient (Wildman–Crippen LogP) is 2.54. The summed E-state index contributed by atoms with van der Waals surface area (Å²) in [6, 6.07) is 0. The quantitative estimate of drug-likeness (QED) is 0.493. The molecule has 0 N–H and O–H groups in total. The molecule has 0 aliphatic heterocycles. The number of nitrogens with zero attached hydrogens (tertiary/aromatic N) is 1. The predicted molar refractivity (Wildman–Crippen MR) is 44.5 cm³/mol. The summed E-state index contributed by atoms with van der Waals surface area (Å²) in [6.45, 7) is -0.104. The number of aliphatic imine (C=N–C) groups is 1. The molecule has 0 radical (unpaired) electrons. The number of hydrogen-bond donors (Lipinski definition) is 0. The van der Waals surface area contributed by atoms with Crippen molar-refractivity contribution in [3.8, 4) is 0 Å². The van der Waals surface area contributed by atoms with Crippen LogP contribution in [0.25, 0.3) is 0 Å². The van der Waals surface area contributed by atoms with E-state index in [0.717, 1.165) is 12.8 Å². The monoisotopic (exact) mass is 189 g/mol. The largest absolute Gasteiger partial charge is 0.252 e. The number of hydrogen-bond acceptors (Lipinski definition) is 2. The molecule has 0 atom stereocenters. The molecule has 0 aromatic carbocycles. The third kappa shape index (κ3) is 2.88. The fourth-order valence-corrected chi connectivity index (χ4v) is 1.80. The topological polar surface area (TPSA) is 29.4 Å². The summed E-state index contributed by atoms with van der Waals surface area (Å²) in [5, 5.41) is 0. The summed E-state index contributed by atoms with van der Waals surface area (Å²) in [6.07, 6.45) is 3.98. The fraction of sp³-hybridized carbons (Fsp3) is 0.889. The van der Waals surface area contributed by atoms with E-state index < -0.39 is 11.8 Å². The highest BCUT2D eigenvalue weighted by atomic mass is 19.3. The molecule has 0 heterocycles. The van der Waals surface area contributed by atoms with Crippen LogP contribution < -0.4 is 0 Å². The van der Waals surface area contributed by atoms with Crippen molar-refractivity contribution in [1.82, 2.24) is 0 Å². The van der Waals surface area contributed by atoms with Crippen molar-refractivity contribution >= 4 is 6.08 Å². The average Bonchev–Trinajstić information content (AvgIpc) is 2.56. The molecule has 0 spiro atoms. The molecule has 1 fully saturated rings. The Bertz CT molecular complexity index is 206. The summed E-state index contributed by atoms with van der Waals surface area (Å²) in [5.74, 6) is -3.13. The lowest BCUT2D eigenvalue weighted by Crippen LogP contribution is -2.26. The molecule has 74 valence electrons. The van der Waals surface area contributed by atoms with Gasteiger partial charge in [0.2, 0.25) is 6.08 Å². The molecule has 0 saturated heterocycles. The Morgan fingerprint density at radius 1 is 1.38 bits per heavy atom. The summed E-state index contributed by atoms with van der Waals surface area (Å²) >= 11 is 0. The van der Waals surface area contributed by atoms with E-state index in [-0.39, 0.29) is 13.0 Å². The lowest BCUT2D eigenvalue weighted by molar-refractivity contribution is -0.0604. The Morgan fingerprint density at radius 2 is 2.00 bits per heavy atom. The normalized spacial score (nSPS) is 18.6. The number of rotatable bonds is 4. The van der Waals surface area contributed by atoms with E-state index in [4.69, 9.17) is 0 Å². The van der Waals surface area contributed by atoms with Crippen LogP contribution in [0.15, 0.2) is 4.99 Å². The van der Waals surface area contributed by atoms with E-state index >= 15 is 0 Å². The summed E-state index contributed by atoms with van der Waals surface area (Å²) < 4.78 is 26.5. The Balaban J connectivity index is 2.38. The van der Waals surface area contributed by atoms with Crippen molar-refractivity contribution in [2.75, 3.05) is 6.54 Å². The third-order valence-electron chi connectivity index (χ3n) is 2.57. The minimum absolute atomic E-state index is 0.104. The van der Waals surface area contributed by atoms with E-state index in [1.54, 1.807) is 0 Å². The molecule has 0 amide bonds. The van der Waals surface area contributed by atoms with Gasteiger partial charge in [-0.15, -0.1) is 0 Å². The van der Waals surface area contributed by atoms with Crippen LogP contribution in [0, 0.1) is 5.92 Å². The van der Waals surface area contributed by atoms with Crippen molar-refractivity contribution in [3.63, 3.8) is 0 Å². The molecule has 0 aromatic rings. The molecule has 4 heteroatoms. The van der Waals surface area contributed by atoms with Gasteiger partial charge < -0.3 is 0 Å². The van der Waals surface area contributed by atoms with Crippen molar-refractivity contribution in [1.29, 1.82) is 0 Å². The van der Waals surface area contributed by atoms with Crippen LogP contribution in [0.4, 0.5) is 8.78 Å². The van der Waals surface area contributed by atoms with Crippen molar-refractivity contribution in [2.45, 2.75) is 38.0 Å². The number of carbonyl (C=O) groups excluding carboxylic acids is 1. The SMILES string of the molecule is O=C=NCCC(F)(F)C1CCCC1.